The third-order valence-electron chi connectivity index (χ3n) is 3.77. The lowest BCUT2D eigenvalue weighted by molar-refractivity contribution is -0.149. The Hall–Kier alpha value is -2.61. The molecule has 1 aromatic rings. The van der Waals surface area contributed by atoms with Crippen molar-refractivity contribution >= 4 is 18.3 Å². The van der Waals surface area contributed by atoms with Gasteiger partial charge in [-0.1, -0.05) is 12.1 Å². The van der Waals surface area contributed by atoms with Crippen molar-refractivity contribution in [1.29, 1.82) is 0 Å². The summed E-state index contributed by atoms with van der Waals surface area (Å²) in [6, 6.07) is 5.41. The quantitative estimate of drug-likeness (QED) is 0.450. The van der Waals surface area contributed by atoms with E-state index < -0.39 is 24.3 Å². The summed E-state index contributed by atoms with van der Waals surface area (Å²) in [7, 11) is 0. The smallest absolute Gasteiger partial charge is 0.480 e. The summed E-state index contributed by atoms with van der Waals surface area (Å²) in [6.45, 7) is 11.8. The molecule has 1 aromatic carbocycles. The van der Waals surface area contributed by atoms with Crippen LogP contribution in [0.4, 0.5) is 9.59 Å². The fourth-order valence-electron chi connectivity index (χ4n) is 3.34. The van der Waals surface area contributed by atoms with Gasteiger partial charge in [0.05, 0.1) is 0 Å². The molecule has 0 aliphatic rings. The van der Waals surface area contributed by atoms with Gasteiger partial charge in [0.25, 0.3) is 0 Å². The van der Waals surface area contributed by atoms with Gasteiger partial charge in [0.1, 0.15) is 11.8 Å². The van der Waals surface area contributed by atoms with E-state index in [0.29, 0.717) is 0 Å². The average Bonchev–Trinajstić information content (AvgIpc) is 2.44. The van der Waals surface area contributed by atoms with E-state index in [-0.39, 0.29) is 23.2 Å². The lowest BCUT2D eigenvalue weighted by Crippen LogP contribution is -2.60. The molecule has 0 spiro atoms. The zero-order valence-electron chi connectivity index (χ0n) is 16.5. The van der Waals surface area contributed by atoms with Crippen LogP contribution in [-0.2, 0) is 16.0 Å². The van der Waals surface area contributed by atoms with Crippen LogP contribution in [0.3, 0.4) is 0 Å². The minimum atomic E-state index is -1.76. The van der Waals surface area contributed by atoms with Crippen LogP contribution in [0.1, 0.15) is 47.1 Å². The number of ether oxygens (including phenoxy) is 2. The van der Waals surface area contributed by atoms with Gasteiger partial charge in [0, 0.05) is 11.1 Å². The number of rotatable bonds is 5. The molecule has 150 valence electrons. The van der Waals surface area contributed by atoms with E-state index in [1.54, 1.807) is 12.1 Å². The zero-order chi connectivity index (χ0) is 21.0. The Kier molecular flexibility index (Phi) is 6.97. The molecule has 0 aromatic heterocycles. The Morgan fingerprint density at radius 3 is 1.81 bits per heavy atom. The van der Waals surface area contributed by atoms with Crippen LogP contribution in [-0.4, -0.2) is 50.5 Å². The normalized spacial score (nSPS) is 13.1. The first-order valence-electron chi connectivity index (χ1n) is 8.45. The number of hydrogen-bond acceptors (Lipinski definition) is 6. The second kappa shape index (κ2) is 8.39. The topological polar surface area (TPSA) is 113 Å². The molecule has 1 unspecified atom stereocenters. The van der Waals surface area contributed by atoms with Gasteiger partial charge in [0.15, 0.2) is 0 Å². The number of carbonyl (C=O) groups excluding carboxylic acids is 1. The van der Waals surface area contributed by atoms with Crippen LogP contribution < -0.4 is 4.74 Å². The fourth-order valence-corrected chi connectivity index (χ4v) is 3.34. The van der Waals surface area contributed by atoms with Gasteiger partial charge in [-0.2, -0.15) is 0 Å². The van der Waals surface area contributed by atoms with Crippen LogP contribution in [0.15, 0.2) is 24.3 Å². The van der Waals surface area contributed by atoms with Crippen LogP contribution in [0, 0.1) is 0 Å². The Morgan fingerprint density at radius 1 is 0.963 bits per heavy atom. The van der Waals surface area contributed by atoms with E-state index in [4.69, 9.17) is 9.84 Å². The summed E-state index contributed by atoms with van der Waals surface area (Å²) >= 11 is 0. The average molecular weight is 381 g/mol. The van der Waals surface area contributed by atoms with Crippen molar-refractivity contribution in [2.45, 2.75) is 65.1 Å². The van der Waals surface area contributed by atoms with Crippen molar-refractivity contribution in [3.05, 3.63) is 29.8 Å². The summed E-state index contributed by atoms with van der Waals surface area (Å²) in [6.07, 6.45) is -2.86. The van der Waals surface area contributed by atoms with Crippen molar-refractivity contribution in [3.8, 4) is 5.75 Å². The molecule has 0 saturated carbocycles. The number of nitrogens with zero attached hydrogens (tertiary/aromatic N) is 1. The van der Waals surface area contributed by atoms with Gasteiger partial charge in [0.2, 0.25) is 0 Å². The van der Waals surface area contributed by atoms with Crippen molar-refractivity contribution in [1.82, 2.24) is 4.90 Å². The number of carboxylic acids is 1. The molecule has 0 fully saturated rings. The lowest BCUT2D eigenvalue weighted by Gasteiger charge is -2.48. The molecule has 0 bridgehead atoms. The second-order valence-corrected chi connectivity index (χ2v) is 8.13. The number of hydrogen-bond donors (Lipinski definition) is 2. The minimum Gasteiger partial charge on any atom is -0.480 e. The molecular formula is C19H27NO7. The highest BCUT2D eigenvalue weighted by Gasteiger charge is 2.40. The van der Waals surface area contributed by atoms with Gasteiger partial charge in [-0.15, -0.1) is 0 Å². The zero-order valence-corrected chi connectivity index (χ0v) is 16.5. The monoisotopic (exact) mass is 381 g/mol. The van der Waals surface area contributed by atoms with E-state index in [2.05, 4.69) is 4.74 Å². The number of benzene rings is 1. The van der Waals surface area contributed by atoms with Gasteiger partial charge in [-0.25, -0.2) is 9.59 Å². The second-order valence-electron chi connectivity index (χ2n) is 8.13. The number of carbonyl (C=O) groups is 3. The minimum absolute atomic E-state index is 0.0976. The van der Waals surface area contributed by atoms with E-state index in [1.165, 1.54) is 12.1 Å². The third kappa shape index (κ3) is 6.90. The maximum absolute atomic E-state index is 12.0. The fraction of sp³-hybridized carbons (Fsp3) is 0.526. The van der Waals surface area contributed by atoms with Crippen LogP contribution in [0.2, 0.25) is 0 Å². The molecule has 0 amide bonds. The molecule has 2 N–H and O–H groups in total. The predicted octanol–water partition coefficient (Wildman–Crippen LogP) is 3.77. The summed E-state index contributed by atoms with van der Waals surface area (Å²) in [5, 5.41) is 18.2. The molecule has 0 heterocycles. The molecule has 1 atom stereocenters. The van der Waals surface area contributed by atoms with Crippen LogP contribution in [0.25, 0.3) is 0 Å². The molecule has 0 aliphatic heterocycles. The Morgan fingerprint density at radius 2 is 1.44 bits per heavy atom. The van der Waals surface area contributed by atoms with E-state index >= 15 is 0 Å². The molecule has 1 rings (SSSR count). The Labute approximate surface area is 158 Å². The first-order valence-corrected chi connectivity index (χ1v) is 8.45. The largest absolute Gasteiger partial charge is 0.524 e. The summed E-state index contributed by atoms with van der Waals surface area (Å²) in [4.78, 5) is 35.4. The van der Waals surface area contributed by atoms with Crippen molar-refractivity contribution in [2.24, 2.45) is 0 Å². The van der Waals surface area contributed by atoms with Gasteiger partial charge in [-0.3, -0.25) is 9.69 Å². The number of carboxylic acid groups (broad SMARTS) is 2. The first-order chi connectivity index (χ1) is 12.2. The van der Waals surface area contributed by atoms with E-state index in [1.807, 2.05) is 46.4 Å². The highest BCUT2D eigenvalue weighted by atomic mass is 16.8. The van der Waals surface area contributed by atoms with Crippen molar-refractivity contribution < 1.29 is 34.1 Å². The molecule has 27 heavy (non-hydrogen) atoms. The van der Waals surface area contributed by atoms with E-state index in [0.717, 1.165) is 5.56 Å². The Balaban J connectivity index is 3.00. The SMILES string of the molecule is CC(C)(C)N(C(Cc1ccc(OC(=O)OC(=O)O)cc1)C(=O)O)C(C)(C)C. The van der Waals surface area contributed by atoms with Crippen LogP contribution in [0.5, 0.6) is 5.75 Å². The van der Waals surface area contributed by atoms with Crippen molar-refractivity contribution in [2.75, 3.05) is 0 Å². The number of aliphatic carboxylic acids is 1. The first kappa shape index (κ1) is 22.4. The molecule has 0 aliphatic carbocycles. The third-order valence-corrected chi connectivity index (χ3v) is 3.77. The maximum atomic E-state index is 12.0. The standard InChI is InChI=1S/C19H27NO7/c1-18(2,3)20(19(4,5)6)14(15(21)22)11-12-7-9-13(10-8-12)26-17(25)27-16(23)24/h7-10,14H,11H2,1-6H3,(H,21,22)(H,23,24). The molecule has 0 saturated heterocycles. The summed E-state index contributed by atoms with van der Waals surface area (Å²) < 4.78 is 8.58. The maximum Gasteiger partial charge on any atom is 0.524 e. The van der Waals surface area contributed by atoms with Crippen molar-refractivity contribution in [3.63, 3.8) is 0 Å². The summed E-state index contributed by atoms with van der Waals surface area (Å²) in [5.74, 6) is -0.828. The van der Waals surface area contributed by atoms with Crippen LogP contribution >= 0.6 is 0 Å². The lowest BCUT2D eigenvalue weighted by atomic mass is 9.90. The van der Waals surface area contributed by atoms with Gasteiger partial charge < -0.3 is 19.7 Å². The van der Waals surface area contributed by atoms with Gasteiger partial charge in [-0.05, 0) is 65.7 Å². The summed E-state index contributed by atoms with van der Waals surface area (Å²) in [5.41, 5.74) is -0.00421. The Bertz CT molecular complexity index is 669. The molecular weight excluding hydrogens is 354 g/mol. The van der Waals surface area contributed by atoms with E-state index in [9.17, 15) is 19.5 Å². The highest BCUT2D eigenvalue weighted by Crippen LogP contribution is 2.29. The predicted molar refractivity (Wildman–Crippen MR) is 98.0 cm³/mol. The molecule has 0 radical (unpaired) electrons. The molecule has 8 nitrogen and oxygen atoms in total. The van der Waals surface area contributed by atoms with Gasteiger partial charge >= 0.3 is 18.3 Å². The molecule has 8 heteroatoms. The highest BCUT2D eigenvalue weighted by molar-refractivity contribution is 5.77.